The summed E-state index contributed by atoms with van der Waals surface area (Å²) in [5, 5.41) is 0. The molecule has 0 aromatic rings. The number of nitrogens with zero attached hydrogens (tertiary/aromatic N) is 2. The SMILES string of the molecule is CC(C)C[C@H](N)C(=O)N1CCC(N2CCC(C)CC2)CC1. The van der Waals surface area contributed by atoms with Crippen molar-refractivity contribution in [3.63, 3.8) is 0 Å². The van der Waals surface area contributed by atoms with E-state index < -0.39 is 0 Å². The second kappa shape index (κ2) is 7.59. The van der Waals surface area contributed by atoms with Crippen molar-refractivity contribution in [2.24, 2.45) is 17.6 Å². The molecule has 2 saturated heterocycles. The van der Waals surface area contributed by atoms with Gasteiger partial charge in [-0.2, -0.15) is 0 Å². The predicted octanol–water partition coefficient (Wildman–Crippen LogP) is 2.08. The molecule has 0 aromatic carbocycles. The molecule has 0 saturated carbocycles. The van der Waals surface area contributed by atoms with Crippen LogP contribution in [0.3, 0.4) is 0 Å². The van der Waals surface area contributed by atoms with Crippen LogP contribution in [0, 0.1) is 11.8 Å². The van der Waals surface area contributed by atoms with Crippen LogP contribution >= 0.6 is 0 Å². The maximum atomic E-state index is 12.3. The normalized spacial score (nSPS) is 24.5. The molecule has 122 valence electrons. The van der Waals surface area contributed by atoms with E-state index in [-0.39, 0.29) is 11.9 Å². The van der Waals surface area contributed by atoms with Gasteiger partial charge in [0.05, 0.1) is 6.04 Å². The summed E-state index contributed by atoms with van der Waals surface area (Å²) < 4.78 is 0. The molecule has 0 radical (unpaired) electrons. The first-order valence-electron chi connectivity index (χ1n) is 8.75. The van der Waals surface area contributed by atoms with Crippen molar-refractivity contribution >= 4 is 5.91 Å². The first kappa shape index (κ1) is 16.8. The van der Waals surface area contributed by atoms with Gasteiger partial charge in [0.2, 0.25) is 5.91 Å². The van der Waals surface area contributed by atoms with E-state index in [9.17, 15) is 4.79 Å². The Balaban J connectivity index is 1.76. The zero-order valence-electron chi connectivity index (χ0n) is 14.1. The molecule has 0 unspecified atom stereocenters. The van der Waals surface area contributed by atoms with Crippen molar-refractivity contribution in [3.05, 3.63) is 0 Å². The summed E-state index contributed by atoms with van der Waals surface area (Å²) in [7, 11) is 0. The largest absolute Gasteiger partial charge is 0.341 e. The molecule has 2 fully saturated rings. The van der Waals surface area contributed by atoms with E-state index in [0.29, 0.717) is 12.0 Å². The predicted molar refractivity (Wildman–Crippen MR) is 87.0 cm³/mol. The van der Waals surface area contributed by atoms with Crippen LogP contribution < -0.4 is 5.73 Å². The van der Waals surface area contributed by atoms with Crippen LogP contribution in [0.15, 0.2) is 0 Å². The Kier molecular flexibility index (Phi) is 6.06. The average molecular weight is 295 g/mol. The third-order valence-corrected chi connectivity index (χ3v) is 5.15. The van der Waals surface area contributed by atoms with Crippen molar-refractivity contribution in [1.29, 1.82) is 0 Å². The molecule has 0 bridgehead atoms. The Morgan fingerprint density at radius 2 is 1.67 bits per heavy atom. The highest BCUT2D eigenvalue weighted by Gasteiger charge is 2.30. The minimum Gasteiger partial charge on any atom is -0.341 e. The molecular weight excluding hydrogens is 262 g/mol. The number of likely N-dealkylation sites (tertiary alicyclic amines) is 2. The van der Waals surface area contributed by atoms with Gasteiger partial charge in [-0.3, -0.25) is 4.79 Å². The number of amides is 1. The maximum absolute atomic E-state index is 12.3. The lowest BCUT2D eigenvalue weighted by molar-refractivity contribution is -0.134. The van der Waals surface area contributed by atoms with Gasteiger partial charge in [-0.1, -0.05) is 20.8 Å². The number of hydrogen-bond donors (Lipinski definition) is 1. The van der Waals surface area contributed by atoms with Gasteiger partial charge in [-0.15, -0.1) is 0 Å². The molecule has 1 atom stereocenters. The lowest BCUT2D eigenvalue weighted by Gasteiger charge is -2.41. The van der Waals surface area contributed by atoms with Crippen molar-refractivity contribution in [2.75, 3.05) is 26.2 Å². The number of piperidine rings is 2. The number of carbonyl (C=O) groups is 1. The van der Waals surface area contributed by atoms with Gasteiger partial charge in [0.25, 0.3) is 0 Å². The Labute approximate surface area is 130 Å². The summed E-state index contributed by atoms with van der Waals surface area (Å²) in [6, 6.07) is 0.375. The maximum Gasteiger partial charge on any atom is 0.239 e. The summed E-state index contributed by atoms with van der Waals surface area (Å²) in [4.78, 5) is 17.0. The second-order valence-corrected chi connectivity index (χ2v) is 7.51. The van der Waals surface area contributed by atoms with Crippen molar-refractivity contribution < 1.29 is 4.79 Å². The minimum atomic E-state index is -0.308. The zero-order chi connectivity index (χ0) is 15.4. The van der Waals surface area contributed by atoms with E-state index in [0.717, 1.165) is 38.3 Å². The summed E-state index contributed by atoms with van der Waals surface area (Å²) in [5.41, 5.74) is 6.04. The molecule has 1 amide bonds. The minimum absolute atomic E-state index is 0.161. The summed E-state index contributed by atoms with van der Waals surface area (Å²) in [6.45, 7) is 10.9. The Bertz CT molecular complexity index is 329. The van der Waals surface area contributed by atoms with Crippen LogP contribution in [-0.2, 0) is 4.79 Å². The summed E-state index contributed by atoms with van der Waals surface area (Å²) in [5.74, 6) is 1.53. The standard InChI is InChI=1S/C17H33N3O/c1-13(2)12-16(18)17(21)20-10-6-15(7-11-20)19-8-4-14(3)5-9-19/h13-16H,4-12,18H2,1-3H3/t16-/m0/s1. The number of rotatable bonds is 4. The monoisotopic (exact) mass is 295 g/mol. The summed E-state index contributed by atoms with van der Waals surface area (Å²) in [6.07, 6.45) is 5.70. The fourth-order valence-corrected chi connectivity index (χ4v) is 3.69. The fraction of sp³-hybridized carbons (Fsp3) is 0.941. The van der Waals surface area contributed by atoms with Crippen LogP contribution in [-0.4, -0.2) is 54.0 Å². The molecule has 2 rings (SSSR count). The van der Waals surface area contributed by atoms with Crippen LogP contribution in [0.25, 0.3) is 0 Å². The van der Waals surface area contributed by atoms with Gasteiger partial charge in [-0.05, 0) is 57.0 Å². The van der Waals surface area contributed by atoms with E-state index >= 15 is 0 Å². The second-order valence-electron chi connectivity index (χ2n) is 7.51. The molecule has 2 aliphatic heterocycles. The molecule has 0 aliphatic carbocycles. The fourth-order valence-electron chi connectivity index (χ4n) is 3.69. The van der Waals surface area contributed by atoms with Crippen LogP contribution in [0.1, 0.15) is 52.9 Å². The summed E-state index contributed by atoms with van der Waals surface area (Å²) >= 11 is 0. The molecule has 2 heterocycles. The van der Waals surface area contributed by atoms with Gasteiger partial charge in [-0.25, -0.2) is 0 Å². The van der Waals surface area contributed by atoms with Crippen LogP contribution in [0.4, 0.5) is 0 Å². The molecule has 2 aliphatic rings. The van der Waals surface area contributed by atoms with E-state index in [4.69, 9.17) is 5.73 Å². The molecule has 4 heteroatoms. The van der Waals surface area contributed by atoms with Crippen molar-refractivity contribution in [2.45, 2.75) is 65.0 Å². The Hall–Kier alpha value is -0.610. The number of nitrogens with two attached hydrogens (primary N) is 1. The van der Waals surface area contributed by atoms with Crippen molar-refractivity contribution in [1.82, 2.24) is 9.80 Å². The lowest BCUT2D eigenvalue weighted by Crippen LogP contribution is -2.52. The quantitative estimate of drug-likeness (QED) is 0.864. The third-order valence-electron chi connectivity index (χ3n) is 5.15. The zero-order valence-corrected chi connectivity index (χ0v) is 14.1. The van der Waals surface area contributed by atoms with Gasteiger partial charge in [0, 0.05) is 19.1 Å². The van der Waals surface area contributed by atoms with Crippen LogP contribution in [0.5, 0.6) is 0 Å². The van der Waals surface area contributed by atoms with E-state index in [1.165, 1.54) is 25.9 Å². The molecule has 2 N–H and O–H groups in total. The van der Waals surface area contributed by atoms with Crippen LogP contribution in [0.2, 0.25) is 0 Å². The molecular formula is C17H33N3O. The first-order valence-corrected chi connectivity index (χ1v) is 8.75. The van der Waals surface area contributed by atoms with E-state index in [2.05, 4.69) is 25.7 Å². The Morgan fingerprint density at radius 1 is 1.10 bits per heavy atom. The molecule has 0 aromatic heterocycles. The average Bonchev–Trinajstić information content (AvgIpc) is 2.47. The van der Waals surface area contributed by atoms with Crippen molar-refractivity contribution in [3.8, 4) is 0 Å². The molecule has 4 nitrogen and oxygen atoms in total. The number of carbonyl (C=O) groups excluding carboxylic acids is 1. The molecule has 21 heavy (non-hydrogen) atoms. The number of hydrogen-bond acceptors (Lipinski definition) is 3. The van der Waals surface area contributed by atoms with E-state index in [1.54, 1.807) is 0 Å². The highest BCUT2D eigenvalue weighted by Crippen LogP contribution is 2.23. The highest BCUT2D eigenvalue weighted by molar-refractivity contribution is 5.81. The first-order chi connectivity index (χ1) is 9.97. The highest BCUT2D eigenvalue weighted by atomic mass is 16.2. The Morgan fingerprint density at radius 3 is 2.19 bits per heavy atom. The third kappa shape index (κ3) is 4.68. The van der Waals surface area contributed by atoms with Gasteiger partial charge in [0.1, 0.15) is 0 Å². The smallest absolute Gasteiger partial charge is 0.239 e. The van der Waals surface area contributed by atoms with E-state index in [1.807, 2.05) is 4.90 Å². The van der Waals surface area contributed by atoms with Gasteiger partial charge in [0.15, 0.2) is 0 Å². The topological polar surface area (TPSA) is 49.6 Å². The van der Waals surface area contributed by atoms with Gasteiger partial charge >= 0.3 is 0 Å². The lowest BCUT2D eigenvalue weighted by atomic mass is 9.94. The van der Waals surface area contributed by atoms with Gasteiger partial charge < -0.3 is 15.5 Å². The molecule has 0 spiro atoms.